The van der Waals surface area contributed by atoms with E-state index in [9.17, 15) is 9.59 Å². The fourth-order valence-electron chi connectivity index (χ4n) is 4.62. The zero-order valence-electron chi connectivity index (χ0n) is 19.1. The molecule has 1 fully saturated rings. The van der Waals surface area contributed by atoms with Gasteiger partial charge in [0.2, 0.25) is 5.91 Å². The number of hydrogen-bond donors (Lipinski definition) is 0. The van der Waals surface area contributed by atoms with E-state index in [0.29, 0.717) is 57.4 Å². The third kappa shape index (κ3) is 4.74. The molecular weight excluding hydrogens is 406 g/mol. The van der Waals surface area contributed by atoms with E-state index in [0.717, 1.165) is 28.4 Å². The number of amides is 1. The minimum absolute atomic E-state index is 0.132. The highest BCUT2D eigenvalue weighted by Gasteiger charge is 2.44. The van der Waals surface area contributed by atoms with Crippen LogP contribution in [0.15, 0.2) is 36.4 Å². The van der Waals surface area contributed by atoms with Crippen molar-refractivity contribution in [3.05, 3.63) is 53.1 Å². The number of ketones is 1. The van der Waals surface area contributed by atoms with Crippen molar-refractivity contribution >= 4 is 11.7 Å². The number of likely N-dealkylation sites (tertiary alicyclic amines) is 1. The van der Waals surface area contributed by atoms with Crippen LogP contribution in [0.3, 0.4) is 0 Å². The first-order valence-corrected chi connectivity index (χ1v) is 11.3. The Hall–Kier alpha value is -3.02. The lowest BCUT2D eigenvalue weighted by Gasteiger charge is -2.44. The first-order valence-electron chi connectivity index (χ1n) is 11.3. The number of rotatable bonds is 6. The van der Waals surface area contributed by atoms with Crippen LogP contribution in [-0.4, -0.2) is 49.0 Å². The Morgan fingerprint density at radius 3 is 2.47 bits per heavy atom. The van der Waals surface area contributed by atoms with Crippen LogP contribution in [0.1, 0.15) is 53.6 Å². The van der Waals surface area contributed by atoms with Gasteiger partial charge in [-0.25, -0.2) is 0 Å². The molecular formula is C26H31NO5. The summed E-state index contributed by atoms with van der Waals surface area (Å²) in [5.41, 5.74) is 2.29. The molecule has 0 aromatic heterocycles. The fourth-order valence-corrected chi connectivity index (χ4v) is 4.62. The molecule has 2 heterocycles. The molecule has 170 valence electrons. The van der Waals surface area contributed by atoms with Crippen LogP contribution in [0.2, 0.25) is 0 Å². The third-order valence-electron chi connectivity index (χ3n) is 6.41. The molecule has 2 aromatic rings. The smallest absolute Gasteiger partial charge is 0.222 e. The zero-order chi connectivity index (χ0) is 22.7. The normalized spacial score (nSPS) is 17.0. The van der Waals surface area contributed by atoms with Crippen molar-refractivity contribution in [2.45, 2.75) is 51.6 Å². The lowest BCUT2D eigenvalue weighted by molar-refractivity contribution is -0.135. The van der Waals surface area contributed by atoms with Crippen molar-refractivity contribution < 1.29 is 23.8 Å². The Bertz CT molecular complexity index is 990. The second kappa shape index (κ2) is 9.23. The summed E-state index contributed by atoms with van der Waals surface area (Å²) in [6, 6.07) is 11.4. The van der Waals surface area contributed by atoms with Crippen LogP contribution in [-0.2, 0) is 4.79 Å². The molecule has 0 bridgehead atoms. The van der Waals surface area contributed by atoms with Crippen molar-refractivity contribution in [2.24, 2.45) is 0 Å². The number of benzene rings is 2. The maximum atomic E-state index is 12.8. The van der Waals surface area contributed by atoms with Crippen LogP contribution in [0.25, 0.3) is 0 Å². The largest absolute Gasteiger partial charge is 0.497 e. The summed E-state index contributed by atoms with van der Waals surface area (Å²) >= 11 is 0. The van der Waals surface area contributed by atoms with Gasteiger partial charge >= 0.3 is 0 Å². The lowest BCUT2D eigenvalue weighted by Crippen LogP contribution is -2.52. The van der Waals surface area contributed by atoms with Crippen LogP contribution in [0, 0.1) is 13.8 Å². The number of ether oxygens (including phenoxy) is 3. The minimum Gasteiger partial charge on any atom is -0.497 e. The number of fused-ring (bicyclic) bond motifs is 1. The van der Waals surface area contributed by atoms with E-state index in [1.54, 1.807) is 7.11 Å². The average Bonchev–Trinajstić information content (AvgIpc) is 2.78. The minimum atomic E-state index is -0.488. The fraction of sp³-hybridized carbons (Fsp3) is 0.462. The van der Waals surface area contributed by atoms with Gasteiger partial charge in [-0.3, -0.25) is 9.59 Å². The number of carbonyl (C=O) groups is 2. The number of Topliss-reactive ketones (excluding diaryl/α,β-unsaturated/α-hetero) is 1. The molecule has 2 aliphatic rings. The number of piperidine rings is 1. The molecule has 6 heteroatoms. The average molecular weight is 438 g/mol. The van der Waals surface area contributed by atoms with Crippen LogP contribution >= 0.6 is 0 Å². The van der Waals surface area contributed by atoms with Gasteiger partial charge in [0, 0.05) is 32.4 Å². The van der Waals surface area contributed by atoms with E-state index in [1.165, 1.54) is 0 Å². The Kier molecular flexibility index (Phi) is 6.40. The monoisotopic (exact) mass is 437 g/mol. The third-order valence-corrected chi connectivity index (χ3v) is 6.41. The second-order valence-corrected chi connectivity index (χ2v) is 8.85. The summed E-state index contributed by atoms with van der Waals surface area (Å²) in [5.74, 6) is 2.55. The predicted molar refractivity (Wildman–Crippen MR) is 122 cm³/mol. The van der Waals surface area contributed by atoms with Gasteiger partial charge in [0.1, 0.15) is 22.8 Å². The van der Waals surface area contributed by atoms with Gasteiger partial charge in [-0.2, -0.15) is 0 Å². The molecule has 0 radical (unpaired) electrons. The van der Waals surface area contributed by atoms with Gasteiger partial charge < -0.3 is 19.1 Å². The summed E-state index contributed by atoms with van der Waals surface area (Å²) in [6.07, 6.45) is 2.86. The summed E-state index contributed by atoms with van der Waals surface area (Å²) in [4.78, 5) is 27.4. The highest BCUT2D eigenvalue weighted by atomic mass is 16.5. The number of nitrogens with zero attached hydrogens (tertiary/aromatic N) is 1. The van der Waals surface area contributed by atoms with E-state index in [4.69, 9.17) is 14.2 Å². The molecule has 2 aromatic carbocycles. The molecule has 0 unspecified atom stereocenters. The van der Waals surface area contributed by atoms with Crippen molar-refractivity contribution in [3.8, 4) is 17.2 Å². The Balaban J connectivity index is 1.26. The molecule has 1 saturated heterocycles. The highest BCUT2D eigenvalue weighted by Crippen LogP contribution is 2.41. The Morgan fingerprint density at radius 1 is 1.09 bits per heavy atom. The molecule has 0 aliphatic carbocycles. The van der Waals surface area contributed by atoms with Gasteiger partial charge in [0.05, 0.1) is 25.7 Å². The summed E-state index contributed by atoms with van der Waals surface area (Å²) < 4.78 is 17.3. The summed E-state index contributed by atoms with van der Waals surface area (Å²) in [7, 11) is 1.63. The number of aryl methyl sites for hydroxylation is 2. The van der Waals surface area contributed by atoms with Crippen molar-refractivity contribution in [3.63, 3.8) is 0 Å². The molecule has 2 aliphatic heterocycles. The van der Waals surface area contributed by atoms with E-state index in [2.05, 4.69) is 6.07 Å². The van der Waals surface area contributed by atoms with Gasteiger partial charge in [-0.05, 0) is 61.7 Å². The molecule has 1 amide bonds. The van der Waals surface area contributed by atoms with Gasteiger partial charge in [0.25, 0.3) is 0 Å². The van der Waals surface area contributed by atoms with Crippen molar-refractivity contribution in [1.29, 1.82) is 0 Å². The van der Waals surface area contributed by atoms with Gasteiger partial charge in [0.15, 0.2) is 5.78 Å². The van der Waals surface area contributed by atoms with E-state index in [1.807, 2.05) is 49.1 Å². The number of carbonyl (C=O) groups excluding carboxylic acids is 2. The maximum Gasteiger partial charge on any atom is 0.222 e. The number of hydrogen-bond acceptors (Lipinski definition) is 5. The Labute approximate surface area is 189 Å². The Morgan fingerprint density at radius 2 is 1.78 bits per heavy atom. The predicted octanol–water partition coefficient (Wildman–Crippen LogP) is 4.50. The molecule has 0 atom stereocenters. The lowest BCUT2D eigenvalue weighted by atomic mass is 9.81. The molecule has 32 heavy (non-hydrogen) atoms. The van der Waals surface area contributed by atoms with Crippen LogP contribution < -0.4 is 14.2 Å². The quantitative estimate of drug-likeness (QED) is 0.623. The van der Waals surface area contributed by atoms with Gasteiger partial charge in [-0.1, -0.05) is 6.07 Å². The second-order valence-electron chi connectivity index (χ2n) is 8.85. The van der Waals surface area contributed by atoms with Crippen LogP contribution in [0.4, 0.5) is 0 Å². The number of methoxy groups -OCH3 is 1. The SMILES string of the molecule is COc1ccc(OCCCC(=O)N2CCC3(CC2)CC(=O)c2cc(C)cc(C)c2O3)cc1. The zero-order valence-corrected chi connectivity index (χ0v) is 19.1. The first kappa shape index (κ1) is 22.2. The van der Waals surface area contributed by atoms with E-state index >= 15 is 0 Å². The van der Waals surface area contributed by atoms with Crippen LogP contribution in [0.5, 0.6) is 17.2 Å². The van der Waals surface area contributed by atoms with Gasteiger partial charge in [-0.15, -0.1) is 0 Å². The molecule has 0 N–H and O–H groups in total. The molecule has 1 spiro atoms. The summed E-state index contributed by atoms with van der Waals surface area (Å²) in [6.45, 7) is 5.71. The maximum absolute atomic E-state index is 12.8. The topological polar surface area (TPSA) is 65.1 Å². The van der Waals surface area contributed by atoms with E-state index in [-0.39, 0.29) is 11.7 Å². The molecule has 0 saturated carbocycles. The standard InChI is InChI=1S/C26H31NO5/c1-18-15-19(2)25-22(16-18)23(28)17-26(32-25)10-12-27(13-11-26)24(29)5-4-14-31-21-8-6-20(30-3)7-9-21/h6-9,15-16H,4-5,10-14,17H2,1-3H3. The van der Waals surface area contributed by atoms with E-state index < -0.39 is 5.60 Å². The highest BCUT2D eigenvalue weighted by molar-refractivity contribution is 6.01. The van der Waals surface area contributed by atoms with Crippen molar-refractivity contribution in [2.75, 3.05) is 26.8 Å². The molecule has 6 nitrogen and oxygen atoms in total. The molecule has 4 rings (SSSR count). The summed E-state index contributed by atoms with van der Waals surface area (Å²) in [5, 5.41) is 0. The first-order chi connectivity index (χ1) is 15.4. The van der Waals surface area contributed by atoms with Crippen molar-refractivity contribution in [1.82, 2.24) is 4.90 Å².